The maximum Gasteiger partial charge on any atom is 0.253 e. The highest BCUT2D eigenvalue weighted by Gasteiger charge is 2.57. The largest absolute Gasteiger partial charge is 0.378 e. The average molecular weight is 359 g/mol. The maximum atomic E-state index is 12.7. The van der Waals surface area contributed by atoms with Crippen LogP contribution in [-0.4, -0.2) is 54.0 Å². The van der Waals surface area contributed by atoms with Crippen LogP contribution in [0.25, 0.3) is 0 Å². The van der Waals surface area contributed by atoms with Crippen LogP contribution in [0.15, 0.2) is 24.5 Å². The van der Waals surface area contributed by atoms with E-state index in [1.807, 2.05) is 18.9 Å². The molecule has 0 aromatic carbocycles. The topological polar surface area (TPSA) is 71.5 Å². The fraction of sp³-hybridized carbons (Fsp3) is 0.650. The van der Waals surface area contributed by atoms with Crippen molar-refractivity contribution >= 4 is 11.8 Å². The van der Waals surface area contributed by atoms with Gasteiger partial charge in [-0.25, -0.2) is 0 Å². The van der Waals surface area contributed by atoms with Crippen LogP contribution >= 0.6 is 0 Å². The maximum absolute atomic E-state index is 12.7. The van der Waals surface area contributed by atoms with Gasteiger partial charge >= 0.3 is 0 Å². The van der Waals surface area contributed by atoms with Gasteiger partial charge in [0.05, 0.1) is 18.2 Å². The predicted octanol–water partition coefficient (Wildman–Crippen LogP) is 2.40. The number of ether oxygens (including phenoxy) is 1. The van der Waals surface area contributed by atoms with Crippen molar-refractivity contribution in [3.05, 3.63) is 30.1 Å². The molecule has 0 radical (unpaired) electrons. The molecule has 1 spiro atoms. The molecule has 26 heavy (non-hydrogen) atoms. The second kappa shape index (κ2) is 8.16. The Balaban J connectivity index is 1.58. The second-order valence-corrected chi connectivity index (χ2v) is 7.42. The van der Waals surface area contributed by atoms with E-state index in [0.717, 1.165) is 25.9 Å². The molecule has 1 N–H and O–H groups in total. The molecule has 2 atom stereocenters. The van der Waals surface area contributed by atoms with Gasteiger partial charge in [0.2, 0.25) is 5.91 Å². The highest BCUT2D eigenvalue weighted by atomic mass is 16.5. The van der Waals surface area contributed by atoms with Gasteiger partial charge in [0.1, 0.15) is 0 Å². The van der Waals surface area contributed by atoms with Crippen molar-refractivity contribution in [2.45, 2.75) is 57.6 Å². The zero-order valence-electron chi connectivity index (χ0n) is 15.7. The Morgan fingerprint density at radius 2 is 2.12 bits per heavy atom. The van der Waals surface area contributed by atoms with Crippen LogP contribution in [0.5, 0.6) is 0 Å². The van der Waals surface area contributed by atoms with E-state index < -0.39 is 0 Å². The summed E-state index contributed by atoms with van der Waals surface area (Å²) in [5.74, 6) is -0.319. The number of pyridine rings is 1. The van der Waals surface area contributed by atoms with Crippen molar-refractivity contribution < 1.29 is 14.3 Å². The Bertz CT molecular complexity index is 628. The van der Waals surface area contributed by atoms with E-state index >= 15 is 0 Å². The van der Waals surface area contributed by atoms with Gasteiger partial charge in [-0.15, -0.1) is 0 Å². The fourth-order valence-corrected chi connectivity index (χ4v) is 4.62. The molecule has 142 valence electrons. The van der Waals surface area contributed by atoms with E-state index in [0.29, 0.717) is 5.56 Å². The molecule has 2 unspecified atom stereocenters. The molecule has 2 aliphatic carbocycles. The number of rotatable bonds is 6. The summed E-state index contributed by atoms with van der Waals surface area (Å²) in [6, 6.07) is 3.60. The van der Waals surface area contributed by atoms with Crippen LogP contribution in [0.4, 0.5) is 0 Å². The SMILES string of the molecule is CCOC1CC(N(C)C(=O)CNC(=O)c2cccnc2)C12CCCCC2. The first-order chi connectivity index (χ1) is 12.6. The van der Waals surface area contributed by atoms with E-state index in [-0.39, 0.29) is 35.9 Å². The lowest BCUT2D eigenvalue weighted by Crippen LogP contribution is -2.66. The van der Waals surface area contributed by atoms with Crippen molar-refractivity contribution in [3.63, 3.8) is 0 Å². The molecular formula is C20H29N3O3. The zero-order chi connectivity index (χ0) is 18.6. The summed E-state index contributed by atoms with van der Waals surface area (Å²) in [5, 5.41) is 2.71. The Hall–Kier alpha value is -1.95. The number of hydrogen-bond donors (Lipinski definition) is 1. The molecule has 2 saturated carbocycles. The molecule has 0 saturated heterocycles. The molecule has 0 bridgehead atoms. The standard InChI is InChI=1S/C20H29N3O3/c1-3-26-17-12-16(20(17)9-5-4-6-10-20)23(2)18(24)14-22-19(25)15-8-7-11-21-13-15/h7-8,11,13,16-17H,3-6,9-10,12,14H2,1-2H3,(H,22,25). The monoisotopic (exact) mass is 359 g/mol. The van der Waals surface area contributed by atoms with Crippen LogP contribution in [0, 0.1) is 5.41 Å². The van der Waals surface area contributed by atoms with Crippen LogP contribution < -0.4 is 5.32 Å². The average Bonchev–Trinajstić information content (AvgIpc) is 2.69. The van der Waals surface area contributed by atoms with Gasteiger partial charge in [-0.05, 0) is 38.3 Å². The van der Waals surface area contributed by atoms with Crippen molar-refractivity contribution in [3.8, 4) is 0 Å². The molecule has 1 heterocycles. The Morgan fingerprint density at radius 3 is 2.77 bits per heavy atom. The molecular weight excluding hydrogens is 330 g/mol. The van der Waals surface area contributed by atoms with Crippen molar-refractivity contribution in [1.29, 1.82) is 0 Å². The Labute approximate surface area is 155 Å². The number of hydrogen-bond acceptors (Lipinski definition) is 4. The highest BCUT2D eigenvalue weighted by Crippen LogP contribution is 2.55. The molecule has 6 nitrogen and oxygen atoms in total. The minimum atomic E-state index is -0.270. The van der Waals surface area contributed by atoms with Gasteiger partial charge in [-0.2, -0.15) is 0 Å². The van der Waals surface area contributed by atoms with Gasteiger partial charge in [-0.3, -0.25) is 14.6 Å². The smallest absolute Gasteiger partial charge is 0.253 e. The Kier molecular flexibility index (Phi) is 5.91. The van der Waals surface area contributed by atoms with Crippen LogP contribution in [0.3, 0.4) is 0 Å². The summed E-state index contributed by atoms with van der Waals surface area (Å²) in [5.41, 5.74) is 0.568. The lowest BCUT2D eigenvalue weighted by atomic mass is 9.54. The molecule has 2 aliphatic rings. The predicted molar refractivity (Wildman–Crippen MR) is 98.7 cm³/mol. The number of amides is 2. The Morgan fingerprint density at radius 1 is 1.35 bits per heavy atom. The highest BCUT2D eigenvalue weighted by molar-refractivity contribution is 5.96. The van der Waals surface area contributed by atoms with Crippen molar-refractivity contribution in [2.24, 2.45) is 5.41 Å². The molecule has 0 aliphatic heterocycles. The van der Waals surface area contributed by atoms with Gasteiger partial charge < -0.3 is 15.0 Å². The van der Waals surface area contributed by atoms with E-state index in [1.165, 1.54) is 25.5 Å². The first kappa shape index (κ1) is 18.8. The summed E-state index contributed by atoms with van der Waals surface area (Å²) >= 11 is 0. The second-order valence-electron chi connectivity index (χ2n) is 7.42. The molecule has 2 amide bonds. The van der Waals surface area contributed by atoms with Crippen LogP contribution in [0.2, 0.25) is 0 Å². The minimum Gasteiger partial charge on any atom is -0.378 e. The lowest BCUT2D eigenvalue weighted by molar-refractivity contribution is -0.184. The summed E-state index contributed by atoms with van der Waals surface area (Å²) in [4.78, 5) is 30.5. The van der Waals surface area contributed by atoms with Crippen molar-refractivity contribution in [2.75, 3.05) is 20.2 Å². The summed E-state index contributed by atoms with van der Waals surface area (Å²) < 4.78 is 5.97. The normalized spacial score (nSPS) is 23.9. The van der Waals surface area contributed by atoms with E-state index in [2.05, 4.69) is 10.3 Å². The summed E-state index contributed by atoms with van der Waals surface area (Å²) in [7, 11) is 1.86. The third kappa shape index (κ3) is 3.61. The van der Waals surface area contributed by atoms with Crippen LogP contribution in [0.1, 0.15) is 55.8 Å². The number of carbonyl (C=O) groups is 2. The number of nitrogens with zero attached hydrogens (tertiary/aromatic N) is 2. The molecule has 6 heteroatoms. The van der Waals surface area contributed by atoms with Gasteiger partial charge in [-0.1, -0.05) is 19.3 Å². The van der Waals surface area contributed by atoms with Gasteiger partial charge in [0.15, 0.2) is 0 Å². The van der Waals surface area contributed by atoms with E-state index in [9.17, 15) is 9.59 Å². The first-order valence-corrected chi connectivity index (χ1v) is 9.64. The fourth-order valence-electron chi connectivity index (χ4n) is 4.62. The lowest BCUT2D eigenvalue weighted by Gasteiger charge is -2.60. The minimum absolute atomic E-state index is 0.0100. The first-order valence-electron chi connectivity index (χ1n) is 9.64. The number of nitrogens with one attached hydrogen (secondary N) is 1. The number of likely N-dealkylation sites (N-methyl/N-ethyl adjacent to an activating group) is 1. The summed E-state index contributed by atoms with van der Waals surface area (Å²) in [6.45, 7) is 2.76. The molecule has 2 fully saturated rings. The molecule has 3 rings (SSSR count). The van der Waals surface area contributed by atoms with E-state index in [1.54, 1.807) is 18.3 Å². The zero-order valence-corrected chi connectivity index (χ0v) is 15.7. The third-order valence-electron chi connectivity index (χ3n) is 6.08. The van der Waals surface area contributed by atoms with Crippen molar-refractivity contribution in [1.82, 2.24) is 15.2 Å². The van der Waals surface area contributed by atoms with Crippen LogP contribution in [-0.2, 0) is 9.53 Å². The van der Waals surface area contributed by atoms with Gasteiger partial charge in [0, 0.05) is 37.5 Å². The third-order valence-corrected chi connectivity index (χ3v) is 6.08. The quantitative estimate of drug-likeness (QED) is 0.847. The molecule has 1 aromatic rings. The van der Waals surface area contributed by atoms with Gasteiger partial charge in [0.25, 0.3) is 5.91 Å². The number of carbonyl (C=O) groups excluding carboxylic acids is 2. The summed E-state index contributed by atoms with van der Waals surface area (Å²) in [6.07, 6.45) is 10.2. The molecule has 1 aromatic heterocycles. The van der Waals surface area contributed by atoms with E-state index in [4.69, 9.17) is 4.74 Å². The number of aromatic nitrogens is 1.